The van der Waals surface area contributed by atoms with E-state index < -0.39 is 23.8 Å². The molecular formula is C10H5ClF3NO2. The summed E-state index contributed by atoms with van der Waals surface area (Å²) in [6, 6.07) is 4.55. The smallest absolute Gasteiger partial charge is 0.406 e. The van der Waals surface area contributed by atoms with Gasteiger partial charge in [0, 0.05) is 5.56 Å². The third kappa shape index (κ3) is 3.64. The number of halogens is 4. The van der Waals surface area contributed by atoms with Crippen LogP contribution in [-0.2, 0) is 0 Å². The maximum atomic E-state index is 11.9. The van der Waals surface area contributed by atoms with Crippen LogP contribution in [0.1, 0.15) is 15.9 Å². The Morgan fingerprint density at radius 3 is 2.59 bits per heavy atom. The molecule has 1 aromatic carbocycles. The second-order valence-electron chi connectivity index (χ2n) is 2.92. The number of nitrogens with zero attached hydrogens (tertiary/aromatic N) is 1. The van der Waals surface area contributed by atoms with E-state index in [0.717, 1.165) is 18.2 Å². The van der Waals surface area contributed by atoms with Gasteiger partial charge in [-0.05, 0) is 18.2 Å². The van der Waals surface area contributed by atoms with Crippen LogP contribution in [0.25, 0.3) is 0 Å². The predicted octanol–water partition coefficient (Wildman–Crippen LogP) is 2.88. The normalized spacial score (nSPS) is 10.8. The van der Waals surface area contributed by atoms with Crippen molar-refractivity contribution in [1.82, 2.24) is 0 Å². The van der Waals surface area contributed by atoms with E-state index in [2.05, 4.69) is 4.74 Å². The molecule has 1 aromatic rings. The Balaban J connectivity index is 3.15. The first kappa shape index (κ1) is 13.3. The van der Waals surface area contributed by atoms with Gasteiger partial charge >= 0.3 is 6.36 Å². The molecule has 0 aliphatic carbocycles. The van der Waals surface area contributed by atoms with E-state index in [9.17, 15) is 18.0 Å². The van der Waals surface area contributed by atoms with Gasteiger partial charge in [-0.3, -0.25) is 4.79 Å². The Morgan fingerprint density at radius 2 is 2.12 bits per heavy atom. The number of hydrogen-bond donors (Lipinski definition) is 0. The van der Waals surface area contributed by atoms with E-state index in [1.165, 1.54) is 0 Å². The van der Waals surface area contributed by atoms with E-state index in [-0.39, 0.29) is 11.1 Å². The fourth-order valence-corrected chi connectivity index (χ4v) is 1.26. The van der Waals surface area contributed by atoms with Gasteiger partial charge in [-0.15, -0.1) is 24.8 Å². The summed E-state index contributed by atoms with van der Waals surface area (Å²) in [5, 5.41) is 8.68. The monoisotopic (exact) mass is 263 g/mol. The van der Waals surface area contributed by atoms with Crippen molar-refractivity contribution in [3.63, 3.8) is 0 Å². The molecule has 90 valence electrons. The van der Waals surface area contributed by atoms with Crippen molar-refractivity contribution in [2.24, 2.45) is 0 Å². The Hall–Kier alpha value is -1.74. The van der Waals surface area contributed by atoms with Crippen molar-refractivity contribution >= 4 is 17.4 Å². The van der Waals surface area contributed by atoms with E-state index in [1.807, 2.05) is 0 Å². The first-order valence-corrected chi connectivity index (χ1v) is 4.80. The second-order valence-corrected chi connectivity index (χ2v) is 3.19. The molecule has 17 heavy (non-hydrogen) atoms. The number of ether oxygens (including phenoxy) is 1. The Kier molecular flexibility index (Phi) is 3.97. The molecule has 7 heteroatoms. The highest BCUT2D eigenvalue weighted by Gasteiger charge is 2.31. The van der Waals surface area contributed by atoms with Crippen LogP contribution in [0.4, 0.5) is 13.2 Å². The zero-order chi connectivity index (χ0) is 13.1. The van der Waals surface area contributed by atoms with Crippen molar-refractivity contribution in [1.29, 1.82) is 5.26 Å². The molecule has 0 aromatic heterocycles. The molecule has 0 radical (unpaired) electrons. The summed E-state index contributed by atoms with van der Waals surface area (Å²) in [5.74, 6) is -1.63. The average molecular weight is 264 g/mol. The molecule has 0 saturated heterocycles. The van der Waals surface area contributed by atoms with Crippen LogP contribution >= 0.6 is 11.6 Å². The van der Waals surface area contributed by atoms with Gasteiger partial charge in [-0.2, -0.15) is 5.26 Å². The fourth-order valence-electron chi connectivity index (χ4n) is 1.12. The number of rotatable bonds is 3. The number of carbonyl (C=O) groups is 1. The van der Waals surface area contributed by atoms with Gasteiger partial charge in [0.2, 0.25) is 0 Å². The number of nitriles is 1. The number of ketones is 1. The minimum absolute atomic E-state index is 0.0508. The summed E-state index contributed by atoms with van der Waals surface area (Å²) in [6.07, 6.45) is -4.85. The number of alkyl halides is 4. The second kappa shape index (κ2) is 5.06. The molecule has 0 aliphatic rings. The van der Waals surface area contributed by atoms with Crippen molar-refractivity contribution in [3.05, 3.63) is 29.3 Å². The van der Waals surface area contributed by atoms with Gasteiger partial charge < -0.3 is 4.74 Å². The molecule has 0 atom stereocenters. The molecule has 0 saturated carbocycles. The minimum atomic E-state index is -4.85. The molecule has 3 nitrogen and oxygen atoms in total. The maximum Gasteiger partial charge on any atom is 0.573 e. The third-order valence-corrected chi connectivity index (χ3v) is 2.01. The first-order chi connectivity index (χ1) is 7.87. The highest BCUT2D eigenvalue weighted by Crippen LogP contribution is 2.25. The molecule has 0 bridgehead atoms. The number of Topliss-reactive ketones (excluding diaryl/α,β-unsaturated/α-hetero) is 1. The van der Waals surface area contributed by atoms with Crippen LogP contribution in [0.15, 0.2) is 18.2 Å². The van der Waals surface area contributed by atoms with Gasteiger partial charge in [0.15, 0.2) is 5.78 Å². The van der Waals surface area contributed by atoms with Gasteiger partial charge in [0.05, 0.1) is 17.5 Å². The van der Waals surface area contributed by atoms with E-state index in [0.29, 0.717) is 0 Å². The fraction of sp³-hybridized carbons (Fsp3) is 0.200. The summed E-state index contributed by atoms with van der Waals surface area (Å²) >= 11 is 5.28. The van der Waals surface area contributed by atoms with Gasteiger partial charge in [-0.25, -0.2) is 0 Å². The molecule has 0 unspecified atom stereocenters. The maximum absolute atomic E-state index is 11.9. The van der Waals surface area contributed by atoms with Crippen LogP contribution in [0.2, 0.25) is 0 Å². The zero-order valence-electron chi connectivity index (χ0n) is 8.21. The molecule has 0 N–H and O–H groups in total. The highest BCUT2D eigenvalue weighted by atomic mass is 35.5. The lowest BCUT2D eigenvalue weighted by molar-refractivity contribution is -0.274. The molecule has 0 spiro atoms. The van der Waals surface area contributed by atoms with Crippen LogP contribution in [0.5, 0.6) is 5.75 Å². The Labute approximate surface area is 99.4 Å². The standard InChI is InChI=1S/C10H5ClF3NO2/c11-4-9(16)8-3-7(17-10(12,13)14)2-1-6(8)5-15/h1-3H,4H2. The van der Waals surface area contributed by atoms with Gasteiger partial charge in [0.1, 0.15) is 5.75 Å². The lowest BCUT2D eigenvalue weighted by atomic mass is 10.1. The largest absolute Gasteiger partial charge is 0.573 e. The van der Waals surface area contributed by atoms with E-state index >= 15 is 0 Å². The molecule has 0 aliphatic heterocycles. The Bertz CT molecular complexity index is 479. The Morgan fingerprint density at radius 1 is 1.47 bits per heavy atom. The quantitative estimate of drug-likeness (QED) is 0.622. The SMILES string of the molecule is N#Cc1ccc(OC(F)(F)F)cc1C(=O)CCl. The van der Waals surface area contributed by atoms with Crippen LogP contribution in [0.3, 0.4) is 0 Å². The summed E-state index contributed by atoms with van der Waals surface area (Å²) in [5.41, 5.74) is -0.241. The van der Waals surface area contributed by atoms with Crippen molar-refractivity contribution in [2.45, 2.75) is 6.36 Å². The van der Waals surface area contributed by atoms with E-state index in [1.54, 1.807) is 6.07 Å². The summed E-state index contributed by atoms with van der Waals surface area (Å²) in [4.78, 5) is 11.3. The van der Waals surface area contributed by atoms with Crippen molar-refractivity contribution in [2.75, 3.05) is 5.88 Å². The van der Waals surface area contributed by atoms with Crippen molar-refractivity contribution in [3.8, 4) is 11.8 Å². The molecule has 1 rings (SSSR count). The molecule has 0 amide bonds. The lowest BCUT2D eigenvalue weighted by Crippen LogP contribution is -2.17. The predicted molar refractivity (Wildman–Crippen MR) is 52.9 cm³/mol. The average Bonchev–Trinajstić information content (AvgIpc) is 2.25. The number of carbonyl (C=O) groups excluding carboxylic acids is 1. The minimum Gasteiger partial charge on any atom is -0.406 e. The lowest BCUT2D eigenvalue weighted by Gasteiger charge is -2.10. The van der Waals surface area contributed by atoms with E-state index in [4.69, 9.17) is 16.9 Å². The van der Waals surface area contributed by atoms with Crippen LogP contribution < -0.4 is 4.74 Å². The summed E-state index contributed by atoms with van der Waals surface area (Å²) in [6.45, 7) is 0. The summed E-state index contributed by atoms with van der Waals surface area (Å²) < 4.78 is 39.5. The summed E-state index contributed by atoms with van der Waals surface area (Å²) in [7, 11) is 0. The highest BCUT2D eigenvalue weighted by molar-refractivity contribution is 6.30. The molecule has 0 heterocycles. The third-order valence-electron chi connectivity index (χ3n) is 1.77. The van der Waals surface area contributed by atoms with Gasteiger partial charge in [0.25, 0.3) is 0 Å². The van der Waals surface area contributed by atoms with Crippen LogP contribution in [-0.4, -0.2) is 18.0 Å². The zero-order valence-corrected chi connectivity index (χ0v) is 8.97. The molecule has 0 fully saturated rings. The first-order valence-electron chi connectivity index (χ1n) is 4.26. The topological polar surface area (TPSA) is 50.1 Å². The van der Waals surface area contributed by atoms with Crippen LogP contribution in [0, 0.1) is 11.3 Å². The number of benzene rings is 1. The van der Waals surface area contributed by atoms with Gasteiger partial charge in [-0.1, -0.05) is 0 Å². The number of hydrogen-bond acceptors (Lipinski definition) is 3. The van der Waals surface area contributed by atoms with Crippen molar-refractivity contribution < 1.29 is 22.7 Å². The molecular weight excluding hydrogens is 259 g/mol.